The molecular weight excluding hydrogens is 260 g/mol. The summed E-state index contributed by atoms with van der Waals surface area (Å²) < 4.78 is 5.51. The highest BCUT2D eigenvalue weighted by Crippen LogP contribution is 2.13. The number of rotatable bonds is 9. The second kappa shape index (κ2) is 9.93. The van der Waals surface area contributed by atoms with E-state index in [0.29, 0.717) is 6.04 Å². The van der Waals surface area contributed by atoms with Crippen molar-refractivity contribution in [3.63, 3.8) is 0 Å². The fourth-order valence-electron chi connectivity index (χ4n) is 2.86. The van der Waals surface area contributed by atoms with Gasteiger partial charge in [0.05, 0.1) is 0 Å². The number of hydrogen-bond donors (Lipinski definition) is 1. The molecule has 0 unspecified atom stereocenters. The van der Waals surface area contributed by atoms with Gasteiger partial charge in [0, 0.05) is 25.8 Å². The third-order valence-corrected chi connectivity index (χ3v) is 4.08. The highest BCUT2D eigenvalue weighted by molar-refractivity contribution is 5.14. The van der Waals surface area contributed by atoms with E-state index < -0.39 is 0 Å². The van der Waals surface area contributed by atoms with Gasteiger partial charge in [-0.2, -0.15) is 0 Å². The van der Waals surface area contributed by atoms with Crippen molar-refractivity contribution >= 4 is 0 Å². The standard InChI is InChI=1S/C18H30N2O/c1-2-14-21-15-6-11-19-18-9-12-20(13-10-18)16-17-7-4-3-5-8-17/h3-5,7-8,18-19H,2,6,9-16H2,1H3. The molecule has 1 saturated heterocycles. The van der Waals surface area contributed by atoms with Crippen LogP contribution in [0.1, 0.15) is 38.2 Å². The van der Waals surface area contributed by atoms with E-state index in [1.165, 1.54) is 31.5 Å². The van der Waals surface area contributed by atoms with Crippen LogP contribution in [0.15, 0.2) is 30.3 Å². The highest BCUT2D eigenvalue weighted by atomic mass is 16.5. The Balaban J connectivity index is 1.54. The molecule has 0 radical (unpaired) electrons. The van der Waals surface area contributed by atoms with E-state index in [1.54, 1.807) is 0 Å². The smallest absolute Gasteiger partial charge is 0.0478 e. The van der Waals surface area contributed by atoms with Crippen LogP contribution in [0.5, 0.6) is 0 Å². The van der Waals surface area contributed by atoms with E-state index >= 15 is 0 Å². The third-order valence-electron chi connectivity index (χ3n) is 4.08. The van der Waals surface area contributed by atoms with Crippen LogP contribution >= 0.6 is 0 Å². The fraction of sp³-hybridized carbons (Fsp3) is 0.667. The first kappa shape index (κ1) is 16.5. The Labute approximate surface area is 129 Å². The maximum absolute atomic E-state index is 5.51. The first-order valence-corrected chi connectivity index (χ1v) is 8.46. The summed E-state index contributed by atoms with van der Waals surface area (Å²) >= 11 is 0. The van der Waals surface area contributed by atoms with Crippen LogP contribution < -0.4 is 5.32 Å². The van der Waals surface area contributed by atoms with Crippen molar-refractivity contribution in [3.8, 4) is 0 Å². The number of benzene rings is 1. The Morgan fingerprint density at radius 2 is 1.90 bits per heavy atom. The van der Waals surface area contributed by atoms with E-state index in [1.807, 2.05) is 0 Å². The van der Waals surface area contributed by atoms with Crippen molar-refractivity contribution in [2.24, 2.45) is 0 Å². The highest BCUT2D eigenvalue weighted by Gasteiger charge is 2.18. The molecule has 21 heavy (non-hydrogen) atoms. The van der Waals surface area contributed by atoms with Crippen molar-refractivity contribution in [2.45, 2.75) is 45.2 Å². The van der Waals surface area contributed by atoms with Gasteiger partial charge in [-0.3, -0.25) is 4.90 Å². The predicted octanol–water partition coefficient (Wildman–Crippen LogP) is 3.06. The fourth-order valence-corrected chi connectivity index (χ4v) is 2.86. The van der Waals surface area contributed by atoms with Gasteiger partial charge in [-0.05, 0) is 50.9 Å². The lowest BCUT2D eigenvalue weighted by Gasteiger charge is -2.32. The topological polar surface area (TPSA) is 24.5 Å². The quantitative estimate of drug-likeness (QED) is 0.707. The second-order valence-electron chi connectivity index (χ2n) is 5.96. The first-order chi connectivity index (χ1) is 10.4. The third kappa shape index (κ3) is 6.60. The summed E-state index contributed by atoms with van der Waals surface area (Å²) in [5.41, 5.74) is 1.43. The van der Waals surface area contributed by atoms with Crippen LogP contribution in [0.2, 0.25) is 0 Å². The van der Waals surface area contributed by atoms with Crippen molar-refractivity contribution in [3.05, 3.63) is 35.9 Å². The summed E-state index contributed by atoms with van der Waals surface area (Å²) in [6.07, 6.45) is 4.78. The number of hydrogen-bond acceptors (Lipinski definition) is 3. The lowest BCUT2D eigenvalue weighted by molar-refractivity contribution is 0.129. The maximum atomic E-state index is 5.51. The van der Waals surface area contributed by atoms with Gasteiger partial charge in [0.15, 0.2) is 0 Å². The molecule has 0 spiro atoms. The van der Waals surface area contributed by atoms with Gasteiger partial charge in [0.1, 0.15) is 0 Å². The largest absolute Gasteiger partial charge is 0.381 e. The van der Waals surface area contributed by atoms with E-state index in [0.717, 1.165) is 39.1 Å². The average molecular weight is 290 g/mol. The summed E-state index contributed by atoms with van der Waals surface area (Å²) in [7, 11) is 0. The normalized spacial score (nSPS) is 17.2. The minimum absolute atomic E-state index is 0.697. The molecule has 1 aromatic rings. The average Bonchev–Trinajstić information content (AvgIpc) is 2.53. The molecular formula is C18H30N2O. The molecule has 118 valence electrons. The zero-order valence-corrected chi connectivity index (χ0v) is 13.4. The molecule has 0 aromatic heterocycles. The first-order valence-electron chi connectivity index (χ1n) is 8.46. The molecule has 1 fully saturated rings. The zero-order chi connectivity index (χ0) is 14.8. The molecule has 0 atom stereocenters. The number of likely N-dealkylation sites (tertiary alicyclic amines) is 1. The molecule has 1 aliphatic rings. The van der Waals surface area contributed by atoms with Crippen LogP contribution in [0.3, 0.4) is 0 Å². The Bertz CT molecular complexity index is 361. The van der Waals surface area contributed by atoms with Gasteiger partial charge in [-0.1, -0.05) is 37.3 Å². The SMILES string of the molecule is CCCOCCCNC1CCN(Cc2ccccc2)CC1. The molecule has 2 rings (SSSR count). The minimum Gasteiger partial charge on any atom is -0.381 e. The van der Waals surface area contributed by atoms with E-state index in [4.69, 9.17) is 4.74 Å². The van der Waals surface area contributed by atoms with Crippen molar-refractivity contribution in [1.29, 1.82) is 0 Å². The van der Waals surface area contributed by atoms with Gasteiger partial charge in [0.25, 0.3) is 0 Å². The Morgan fingerprint density at radius 1 is 1.14 bits per heavy atom. The lowest BCUT2D eigenvalue weighted by atomic mass is 10.0. The van der Waals surface area contributed by atoms with Gasteiger partial charge >= 0.3 is 0 Å². The van der Waals surface area contributed by atoms with E-state index in [2.05, 4.69) is 47.5 Å². The summed E-state index contributed by atoms with van der Waals surface area (Å²) in [5.74, 6) is 0. The summed E-state index contributed by atoms with van der Waals surface area (Å²) in [6, 6.07) is 11.5. The molecule has 3 heteroatoms. The molecule has 3 nitrogen and oxygen atoms in total. The van der Waals surface area contributed by atoms with Gasteiger partial charge < -0.3 is 10.1 Å². The van der Waals surface area contributed by atoms with Crippen molar-refractivity contribution < 1.29 is 4.74 Å². The number of piperidine rings is 1. The van der Waals surface area contributed by atoms with E-state index in [9.17, 15) is 0 Å². The maximum Gasteiger partial charge on any atom is 0.0478 e. The Hall–Kier alpha value is -0.900. The summed E-state index contributed by atoms with van der Waals surface area (Å²) in [4.78, 5) is 2.57. The zero-order valence-electron chi connectivity index (χ0n) is 13.4. The monoisotopic (exact) mass is 290 g/mol. The van der Waals surface area contributed by atoms with Crippen LogP contribution in [-0.4, -0.2) is 43.8 Å². The molecule has 0 saturated carbocycles. The molecule has 0 aliphatic carbocycles. The molecule has 1 N–H and O–H groups in total. The summed E-state index contributed by atoms with van der Waals surface area (Å²) in [6.45, 7) is 8.55. The number of ether oxygens (including phenoxy) is 1. The van der Waals surface area contributed by atoms with Crippen LogP contribution in [0.4, 0.5) is 0 Å². The van der Waals surface area contributed by atoms with Crippen molar-refractivity contribution in [1.82, 2.24) is 10.2 Å². The molecule has 1 aliphatic heterocycles. The van der Waals surface area contributed by atoms with Gasteiger partial charge in [-0.25, -0.2) is 0 Å². The minimum atomic E-state index is 0.697. The number of nitrogens with one attached hydrogen (secondary N) is 1. The number of nitrogens with zero attached hydrogens (tertiary/aromatic N) is 1. The Kier molecular flexibility index (Phi) is 7.79. The molecule has 1 heterocycles. The van der Waals surface area contributed by atoms with Gasteiger partial charge in [0.2, 0.25) is 0 Å². The summed E-state index contributed by atoms with van der Waals surface area (Å²) in [5, 5.41) is 3.68. The lowest BCUT2D eigenvalue weighted by Crippen LogP contribution is -2.42. The van der Waals surface area contributed by atoms with Crippen LogP contribution in [0.25, 0.3) is 0 Å². The Morgan fingerprint density at radius 3 is 2.62 bits per heavy atom. The van der Waals surface area contributed by atoms with E-state index in [-0.39, 0.29) is 0 Å². The predicted molar refractivity (Wildman–Crippen MR) is 88.5 cm³/mol. The second-order valence-corrected chi connectivity index (χ2v) is 5.96. The van der Waals surface area contributed by atoms with Gasteiger partial charge in [-0.15, -0.1) is 0 Å². The molecule has 1 aromatic carbocycles. The van der Waals surface area contributed by atoms with Crippen LogP contribution in [0, 0.1) is 0 Å². The van der Waals surface area contributed by atoms with Crippen LogP contribution in [-0.2, 0) is 11.3 Å². The molecule has 0 bridgehead atoms. The molecule has 0 amide bonds. The van der Waals surface area contributed by atoms with Crippen molar-refractivity contribution in [2.75, 3.05) is 32.8 Å².